The maximum Gasteiger partial charge on any atom is 0.338 e. The van der Waals surface area contributed by atoms with Crippen molar-refractivity contribution >= 4 is 5.97 Å². The highest BCUT2D eigenvalue weighted by atomic mass is 16.6. The van der Waals surface area contributed by atoms with Crippen LogP contribution < -0.4 is 0 Å². The molecule has 19 heavy (non-hydrogen) atoms. The molecule has 0 aromatic heterocycles. The van der Waals surface area contributed by atoms with Crippen LogP contribution in [0.1, 0.15) is 57.8 Å². The first kappa shape index (κ1) is 14.1. The Labute approximate surface area is 116 Å². The number of esters is 1. The molecule has 1 saturated heterocycles. The fraction of sp³-hybridized carbons (Fsp3) is 0.588. The first-order valence-corrected chi connectivity index (χ1v) is 7.59. The molecule has 1 aliphatic carbocycles. The molecule has 104 valence electrons. The van der Waals surface area contributed by atoms with Gasteiger partial charge < -0.3 is 4.74 Å². The lowest BCUT2D eigenvalue weighted by Crippen LogP contribution is -2.36. The van der Waals surface area contributed by atoms with E-state index in [2.05, 4.69) is 30.4 Å². The minimum absolute atomic E-state index is 0.0145. The summed E-state index contributed by atoms with van der Waals surface area (Å²) in [7, 11) is 0. The molecule has 0 spiro atoms. The molecule has 0 aromatic carbocycles. The molecule has 2 aliphatic rings. The monoisotopic (exact) mass is 260 g/mol. The second kappa shape index (κ2) is 7.98. The Kier molecular flexibility index (Phi) is 5.93. The van der Waals surface area contributed by atoms with Gasteiger partial charge in [-0.15, -0.1) is 0 Å². The van der Waals surface area contributed by atoms with Gasteiger partial charge >= 0.3 is 5.97 Å². The summed E-state index contributed by atoms with van der Waals surface area (Å²) in [6, 6.07) is 0. The Morgan fingerprint density at radius 1 is 0.895 bits per heavy atom. The topological polar surface area (TPSA) is 26.3 Å². The second-order valence-corrected chi connectivity index (χ2v) is 5.31. The van der Waals surface area contributed by atoms with E-state index in [4.69, 9.17) is 4.74 Å². The van der Waals surface area contributed by atoms with Crippen LogP contribution in [0.2, 0.25) is 0 Å². The summed E-state index contributed by atoms with van der Waals surface area (Å²) >= 11 is 0. The highest BCUT2D eigenvalue weighted by molar-refractivity contribution is 5.95. The van der Waals surface area contributed by atoms with E-state index in [0.29, 0.717) is 0 Å². The summed E-state index contributed by atoms with van der Waals surface area (Å²) < 4.78 is 5.17. The molecule has 0 aromatic rings. The average Bonchev–Trinajstić information content (AvgIpc) is 2.40. The fourth-order valence-electron chi connectivity index (χ4n) is 2.53. The first-order chi connectivity index (χ1) is 9.38. The van der Waals surface area contributed by atoms with Gasteiger partial charge in [-0.2, -0.15) is 0 Å². The zero-order chi connectivity index (χ0) is 13.3. The van der Waals surface area contributed by atoms with E-state index in [-0.39, 0.29) is 12.1 Å². The van der Waals surface area contributed by atoms with Gasteiger partial charge in [0.2, 0.25) is 0 Å². The zero-order valence-electron chi connectivity index (χ0n) is 11.6. The fourth-order valence-corrected chi connectivity index (χ4v) is 2.53. The predicted octanol–water partition coefficient (Wildman–Crippen LogP) is 4.48. The highest BCUT2D eigenvalue weighted by Gasteiger charge is 2.34. The van der Waals surface area contributed by atoms with Crippen LogP contribution in [0, 0.1) is 0 Å². The van der Waals surface area contributed by atoms with Crippen LogP contribution in [0.4, 0.5) is 0 Å². The molecule has 1 atom stereocenters. The maximum atomic E-state index is 11.4. The molecule has 1 aliphatic heterocycles. The van der Waals surface area contributed by atoms with Gasteiger partial charge in [0.25, 0.3) is 0 Å². The zero-order valence-corrected chi connectivity index (χ0v) is 11.6. The van der Waals surface area contributed by atoms with Crippen molar-refractivity contribution < 1.29 is 9.53 Å². The number of ether oxygens (including phenoxy) is 1. The number of hydrogen-bond donors (Lipinski definition) is 0. The van der Waals surface area contributed by atoms with Crippen LogP contribution in [-0.2, 0) is 9.53 Å². The second-order valence-electron chi connectivity index (χ2n) is 5.31. The molecule has 1 heterocycles. The first-order valence-electron chi connectivity index (χ1n) is 7.59. The Morgan fingerprint density at radius 2 is 1.63 bits per heavy atom. The van der Waals surface area contributed by atoms with E-state index in [1.807, 2.05) is 0 Å². The molecule has 2 rings (SSSR count). The molecule has 1 unspecified atom stereocenters. The lowest BCUT2D eigenvalue weighted by molar-refractivity contribution is -0.155. The van der Waals surface area contributed by atoms with Crippen LogP contribution in [0.3, 0.4) is 0 Å². The Balaban J connectivity index is 1.87. The van der Waals surface area contributed by atoms with Crippen molar-refractivity contribution in [2.45, 2.75) is 63.9 Å². The van der Waals surface area contributed by atoms with Crippen molar-refractivity contribution in [2.75, 3.05) is 0 Å². The molecule has 0 N–H and O–H groups in total. The normalized spacial score (nSPS) is 29.4. The van der Waals surface area contributed by atoms with Gasteiger partial charge in [-0.1, -0.05) is 49.6 Å². The molecule has 0 amide bonds. The highest BCUT2D eigenvalue weighted by Crippen LogP contribution is 2.25. The van der Waals surface area contributed by atoms with Crippen LogP contribution in [0.5, 0.6) is 0 Å². The largest absolute Gasteiger partial charge is 0.453 e. The van der Waals surface area contributed by atoms with E-state index < -0.39 is 0 Å². The summed E-state index contributed by atoms with van der Waals surface area (Å²) in [4.78, 5) is 11.4. The quantitative estimate of drug-likeness (QED) is 0.474. The summed E-state index contributed by atoms with van der Waals surface area (Å²) in [6.45, 7) is 0. The average molecular weight is 260 g/mol. The van der Waals surface area contributed by atoms with Gasteiger partial charge in [0.05, 0.1) is 5.57 Å². The molecule has 1 fully saturated rings. The Morgan fingerprint density at radius 3 is 2.47 bits per heavy atom. The number of allylic oxidation sites excluding steroid dienone is 4. The molecule has 0 bridgehead atoms. The maximum absolute atomic E-state index is 11.4. The van der Waals surface area contributed by atoms with Gasteiger partial charge in [0.15, 0.2) is 0 Å². The summed E-state index contributed by atoms with van der Waals surface area (Å²) in [5, 5.41) is 0. The summed E-state index contributed by atoms with van der Waals surface area (Å²) in [6.07, 6.45) is 21.3. The molecule has 0 saturated carbocycles. The number of carbonyl (C=O) groups excluding carboxylic acids is 1. The number of hydrogen-bond acceptors (Lipinski definition) is 2. The minimum Gasteiger partial charge on any atom is -0.453 e. The number of rotatable bonds is 0. The lowest BCUT2D eigenvalue weighted by atomic mass is 9.98. The third kappa shape index (κ3) is 4.70. The van der Waals surface area contributed by atoms with E-state index >= 15 is 0 Å². The number of fused-ring (bicyclic) bond motifs is 1. The van der Waals surface area contributed by atoms with Gasteiger partial charge in [0.1, 0.15) is 6.10 Å². The van der Waals surface area contributed by atoms with E-state index in [1.54, 1.807) is 0 Å². The van der Waals surface area contributed by atoms with Crippen molar-refractivity contribution in [3.63, 3.8) is 0 Å². The Hall–Kier alpha value is -1.31. The third-order valence-electron chi connectivity index (χ3n) is 3.73. The van der Waals surface area contributed by atoms with Gasteiger partial charge in [-0.05, 0) is 32.1 Å². The van der Waals surface area contributed by atoms with Crippen molar-refractivity contribution in [3.8, 4) is 0 Å². The summed E-state index contributed by atoms with van der Waals surface area (Å²) in [5.41, 5.74) is 0.896. The third-order valence-corrected chi connectivity index (χ3v) is 3.73. The van der Waals surface area contributed by atoms with Gasteiger partial charge in [-0.3, -0.25) is 0 Å². The van der Waals surface area contributed by atoms with Crippen LogP contribution in [0.25, 0.3) is 0 Å². The summed E-state index contributed by atoms with van der Waals surface area (Å²) in [5.74, 6) is -0.112. The molecular weight excluding hydrogens is 236 g/mol. The molecular formula is C17H24O2. The van der Waals surface area contributed by atoms with Crippen LogP contribution in [-0.4, -0.2) is 12.1 Å². The van der Waals surface area contributed by atoms with Crippen molar-refractivity contribution in [3.05, 3.63) is 36.0 Å². The predicted molar refractivity (Wildman–Crippen MR) is 77.8 cm³/mol. The molecule has 0 radical (unpaired) electrons. The smallest absolute Gasteiger partial charge is 0.338 e. The van der Waals surface area contributed by atoms with E-state index in [0.717, 1.165) is 24.8 Å². The SMILES string of the molecule is O=C1OC2C/C=C\C/C=C\CCCCCCCC=C12. The van der Waals surface area contributed by atoms with Crippen molar-refractivity contribution in [1.82, 2.24) is 0 Å². The minimum atomic E-state index is -0.112. The van der Waals surface area contributed by atoms with Crippen LogP contribution in [0.15, 0.2) is 36.0 Å². The standard InChI is InChI=1S/C17H24O2/c18-17-15-13-11-9-7-5-3-1-2-4-6-8-10-12-14-16(15)19-17/h4,6,10,12-13,16H,1-3,5,7-9,11,14H2/b6-4-,12-10-,15-13?. The van der Waals surface area contributed by atoms with Gasteiger partial charge in [-0.25, -0.2) is 4.79 Å². The lowest BCUT2D eigenvalue weighted by Gasteiger charge is -2.28. The van der Waals surface area contributed by atoms with E-state index in [1.165, 1.54) is 38.5 Å². The molecule has 2 nitrogen and oxygen atoms in total. The van der Waals surface area contributed by atoms with Crippen molar-refractivity contribution in [2.24, 2.45) is 0 Å². The van der Waals surface area contributed by atoms with Crippen LogP contribution >= 0.6 is 0 Å². The van der Waals surface area contributed by atoms with Crippen molar-refractivity contribution in [1.29, 1.82) is 0 Å². The Bertz CT molecular complexity index is 377. The molecule has 2 heteroatoms. The van der Waals surface area contributed by atoms with Gasteiger partial charge in [0, 0.05) is 6.42 Å². The van der Waals surface area contributed by atoms with E-state index in [9.17, 15) is 4.79 Å². The number of carbonyl (C=O) groups is 1.